The standard InChI is InChI=1S/C27H33N5O2/c1-19(20-10-5-4-6-11-20)30-27-22-16-24(31-26(33)14-9-15-32(2)3)25(17-23(22)28-18-29-27)34-21-12-7-8-13-21/h4-6,9-11,14,16-19,21H,7-8,12-13,15H2,1-3H3,(H,31,33)(H,28,29,30). The fourth-order valence-electron chi connectivity index (χ4n) is 4.15. The van der Waals surface area contributed by atoms with Crippen molar-refractivity contribution >= 4 is 28.3 Å². The van der Waals surface area contributed by atoms with Crippen molar-refractivity contribution in [2.24, 2.45) is 0 Å². The quantitative estimate of drug-likeness (QED) is 0.429. The Hall–Kier alpha value is -3.45. The normalized spacial score (nSPS) is 15.2. The first-order valence-corrected chi connectivity index (χ1v) is 11.9. The summed E-state index contributed by atoms with van der Waals surface area (Å²) in [7, 11) is 3.92. The van der Waals surface area contributed by atoms with Gasteiger partial charge in [-0.25, -0.2) is 9.97 Å². The van der Waals surface area contributed by atoms with E-state index < -0.39 is 0 Å². The largest absolute Gasteiger partial charge is 0.488 e. The summed E-state index contributed by atoms with van der Waals surface area (Å²) in [5.74, 6) is 1.17. The van der Waals surface area contributed by atoms with Crippen LogP contribution < -0.4 is 15.4 Å². The first kappa shape index (κ1) is 23.7. The molecule has 0 aliphatic heterocycles. The van der Waals surface area contributed by atoms with Gasteiger partial charge in [0, 0.05) is 30.1 Å². The van der Waals surface area contributed by atoms with Crippen LogP contribution in [0.1, 0.15) is 44.2 Å². The first-order chi connectivity index (χ1) is 16.5. The van der Waals surface area contributed by atoms with Crippen LogP contribution in [-0.2, 0) is 4.79 Å². The van der Waals surface area contributed by atoms with Crippen molar-refractivity contribution in [3.05, 3.63) is 66.5 Å². The molecule has 0 radical (unpaired) electrons. The number of ether oxygens (including phenoxy) is 1. The van der Waals surface area contributed by atoms with Crippen molar-refractivity contribution in [1.82, 2.24) is 14.9 Å². The van der Waals surface area contributed by atoms with E-state index in [1.807, 2.05) is 55.4 Å². The van der Waals surface area contributed by atoms with Gasteiger partial charge in [0.25, 0.3) is 0 Å². The van der Waals surface area contributed by atoms with E-state index in [0.717, 1.165) is 29.3 Å². The molecule has 0 saturated heterocycles. The van der Waals surface area contributed by atoms with Crippen molar-refractivity contribution in [2.45, 2.75) is 44.8 Å². The maximum absolute atomic E-state index is 12.6. The van der Waals surface area contributed by atoms with Gasteiger partial charge in [0.1, 0.15) is 17.9 Å². The number of amides is 1. The number of aromatic nitrogens is 2. The highest BCUT2D eigenvalue weighted by Gasteiger charge is 2.20. The van der Waals surface area contributed by atoms with Gasteiger partial charge < -0.3 is 20.3 Å². The van der Waals surface area contributed by atoms with Gasteiger partial charge in [-0.3, -0.25) is 4.79 Å². The maximum atomic E-state index is 12.6. The van der Waals surface area contributed by atoms with Crippen LogP contribution in [0.25, 0.3) is 10.9 Å². The minimum Gasteiger partial charge on any atom is -0.488 e. The van der Waals surface area contributed by atoms with Gasteiger partial charge in [0.05, 0.1) is 17.3 Å². The lowest BCUT2D eigenvalue weighted by Gasteiger charge is -2.19. The summed E-state index contributed by atoms with van der Waals surface area (Å²) in [6.45, 7) is 2.79. The summed E-state index contributed by atoms with van der Waals surface area (Å²) in [5.41, 5.74) is 2.56. The van der Waals surface area contributed by atoms with E-state index in [-0.39, 0.29) is 18.1 Å². The van der Waals surface area contributed by atoms with E-state index in [4.69, 9.17) is 4.74 Å². The van der Waals surface area contributed by atoms with Crippen LogP contribution in [-0.4, -0.2) is 47.5 Å². The number of anilines is 2. The van der Waals surface area contributed by atoms with Crippen LogP contribution in [0.5, 0.6) is 5.75 Å². The number of rotatable bonds is 9. The molecule has 2 N–H and O–H groups in total. The molecule has 1 aromatic heterocycles. The lowest BCUT2D eigenvalue weighted by atomic mass is 10.1. The number of carbonyl (C=O) groups excluding carboxylic acids is 1. The average Bonchev–Trinajstić information content (AvgIpc) is 3.33. The molecule has 0 spiro atoms. The fraction of sp³-hybridized carbons (Fsp3) is 0.370. The van der Waals surface area contributed by atoms with Gasteiger partial charge >= 0.3 is 0 Å². The molecule has 1 unspecified atom stereocenters. The Balaban J connectivity index is 1.65. The molecule has 7 nitrogen and oxygen atoms in total. The highest BCUT2D eigenvalue weighted by Crippen LogP contribution is 2.36. The minimum absolute atomic E-state index is 0.0562. The number of carbonyl (C=O) groups is 1. The van der Waals surface area contributed by atoms with Gasteiger partial charge in [0.2, 0.25) is 5.91 Å². The van der Waals surface area contributed by atoms with E-state index >= 15 is 0 Å². The zero-order valence-corrected chi connectivity index (χ0v) is 20.1. The summed E-state index contributed by atoms with van der Waals surface area (Å²) in [6, 6.07) is 14.1. The lowest BCUT2D eigenvalue weighted by Crippen LogP contribution is -2.16. The lowest BCUT2D eigenvalue weighted by molar-refractivity contribution is -0.111. The van der Waals surface area contributed by atoms with Crippen molar-refractivity contribution in [2.75, 3.05) is 31.3 Å². The van der Waals surface area contributed by atoms with Crippen LogP contribution >= 0.6 is 0 Å². The zero-order chi connectivity index (χ0) is 23.9. The third-order valence-electron chi connectivity index (χ3n) is 5.98. The monoisotopic (exact) mass is 459 g/mol. The highest BCUT2D eigenvalue weighted by molar-refractivity contribution is 6.03. The number of nitrogens with zero attached hydrogens (tertiary/aromatic N) is 3. The number of hydrogen-bond acceptors (Lipinski definition) is 6. The van der Waals surface area contributed by atoms with Gasteiger partial charge in [-0.1, -0.05) is 36.4 Å². The molecule has 34 heavy (non-hydrogen) atoms. The van der Waals surface area contributed by atoms with E-state index in [0.29, 0.717) is 23.8 Å². The third kappa shape index (κ3) is 6.11. The Bertz CT molecular complexity index is 1140. The van der Waals surface area contributed by atoms with Crippen LogP contribution in [0.4, 0.5) is 11.5 Å². The second kappa shape index (κ2) is 11.1. The van der Waals surface area contributed by atoms with Crippen LogP contribution in [0.2, 0.25) is 0 Å². The molecule has 0 bridgehead atoms. The molecule has 1 atom stereocenters. The topological polar surface area (TPSA) is 79.4 Å². The minimum atomic E-state index is -0.193. The molecule has 3 aromatic rings. The van der Waals surface area contributed by atoms with E-state index in [1.165, 1.54) is 12.8 Å². The number of benzene rings is 2. The van der Waals surface area contributed by atoms with E-state index in [2.05, 4.69) is 39.7 Å². The summed E-state index contributed by atoms with van der Waals surface area (Å²) in [4.78, 5) is 23.6. The fourth-order valence-corrected chi connectivity index (χ4v) is 4.15. The average molecular weight is 460 g/mol. The molecule has 1 saturated carbocycles. The van der Waals surface area contributed by atoms with E-state index in [9.17, 15) is 4.79 Å². The predicted octanol–water partition coefficient (Wildman–Crippen LogP) is 5.18. The predicted molar refractivity (Wildman–Crippen MR) is 137 cm³/mol. The third-order valence-corrected chi connectivity index (χ3v) is 5.98. The van der Waals surface area contributed by atoms with Gasteiger partial charge in [0.15, 0.2) is 0 Å². The Morgan fingerprint density at radius 3 is 2.68 bits per heavy atom. The number of likely N-dealkylation sites (N-methyl/N-ethyl adjacent to an activating group) is 1. The maximum Gasteiger partial charge on any atom is 0.248 e. The Kier molecular flexibility index (Phi) is 7.75. The molecule has 1 aliphatic carbocycles. The molecule has 2 aromatic carbocycles. The van der Waals surface area contributed by atoms with Crippen molar-refractivity contribution in [3.8, 4) is 5.75 Å². The van der Waals surface area contributed by atoms with Crippen LogP contribution in [0.3, 0.4) is 0 Å². The van der Waals surface area contributed by atoms with Crippen LogP contribution in [0.15, 0.2) is 60.9 Å². The van der Waals surface area contributed by atoms with E-state index in [1.54, 1.807) is 12.4 Å². The second-order valence-corrected chi connectivity index (χ2v) is 9.04. The molecule has 178 valence electrons. The SMILES string of the molecule is CC(Nc1ncnc2cc(OC3CCCC3)c(NC(=O)C=CCN(C)C)cc12)c1ccccc1. The Morgan fingerprint density at radius 1 is 1.18 bits per heavy atom. The first-order valence-electron chi connectivity index (χ1n) is 11.9. The summed E-state index contributed by atoms with van der Waals surface area (Å²) >= 11 is 0. The zero-order valence-electron chi connectivity index (χ0n) is 20.1. The molecule has 4 rings (SSSR count). The number of fused-ring (bicyclic) bond motifs is 1. The molecule has 1 aliphatic rings. The summed E-state index contributed by atoms with van der Waals surface area (Å²) < 4.78 is 6.32. The molecule has 1 fully saturated rings. The Morgan fingerprint density at radius 2 is 1.94 bits per heavy atom. The Labute approximate surface area is 201 Å². The van der Waals surface area contributed by atoms with Crippen molar-refractivity contribution < 1.29 is 9.53 Å². The molecule has 1 heterocycles. The summed E-state index contributed by atoms with van der Waals surface area (Å²) in [5, 5.41) is 7.34. The van der Waals surface area contributed by atoms with Gasteiger partial charge in [-0.2, -0.15) is 0 Å². The number of hydrogen-bond donors (Lipinski definition) is 2. The smallest absolute Gasteiger partial charge is 0.248 e. The highest BCUT2D eigenvalue weighted by atomic mass is 16.5. The molecule has 1 amide bonds. The summed E-state index contributed by atoms with van der Waals surface area (Å²) in [6.07, 6.45) is 9.51. The molecular formula is C27H33N5O2. The van der Waals surface area contributed by atoms with Gasteiger partial charge in [-0.15, -0.1) is 0 Å². The molecule has 7 heteroatoms. The van der Waals surface area contributed by atoms with Crippen LogP contribution in [0, 0.1) is 0 Å². The second-order valence-electron chi connectivity index (χ2n) is 9.04. The molecular weight excluding hydrogens is 426 g/mol. The van der Waals surface area contributed by atoms with Gasteiger partial charge in [-0.05, 0) is 58.3 Å². The van der Waals surface area contributed by atoms with Crippen molar-refractivity contribution in [1.29, 1.82) is 0 Å². The van der Waals surface area contributed by atoms with Crippen molar-refractivity contribution in [3.63, 3.8) is 0 Å². The number of nitrogens with one attached hydrogen (secondary N) is 2.